The summed E-state index contributed by atoms with van der Waals surface area (Å²) >= 11 is 24.9. The van der Waals surface area contributed by atoms with Crippen molar-refractivity contribution in [3.05, 3.63) is 133 Å². The Morgan fingerprint density at radius 2 is 1.21 bits per heavy atom. The van der Waals surface area contributed by atoms with E-state index in [1.165, 1.54) is 4.90 Å². The van der Waals surface area contributed by atoms with Crippen molar-refractivity contribution in [2.75, 3.05) is 26.3 Å². The lowest BCUT2D eigenvalue weighted by atomic mass is 9.84. The number of halogens is 4. The first kappa shape index (κ1) is 35.3. The third-order valence-corrected chi connectivity index (χ3v) is 8.60. The molecular weight excluding hydrogens is 684 g/mol. The van der Waals surface area contributed by atoms with Crippen LogP contribution in [-0.2, 0) is 34.0 Å². The SMILES string of the molecule is O=C(O)N1C[C@H](OCc2cc(Cl)cc(Cl)c2)[C@H](c2ccc(OCCCOCc3ccccc3)cc2)[C@H](OCc2cc(Cl)cc(Cl)c2)C1. The molecule has 1 aliphatic heterocycles. The van der Waals surface area contributed by atoms with Crippen molar-refractivity contribution in [1.82, 2.24) is 4.90 Å². The molecule has 1 saturated heterocycles. The maximum atomic E-state index is 12.2. The maximum absolute atomic E-state index is 12.2. The summed E-state index contributed by atoms with van der Waals surface area (Å²) in [5, 5.41) is 12.0. The fourth-order valence-corrected chi connectivity index (χ4v) is 6.71. The Kier molecular flexibility index (Phi) is 13.1. The van der Waals surface area contributed by atoms with Gasteiger partial charge in [-0.05, 0) is 70.8 Å². The van der Waals surface area contributed by atoms with Crippen LogP contribution in [0.4, 0.5) is 4.79 Å². The van der Waals surface area contributed by atoms with Crippen LogP contribution in [0.25, 0.3) is 0 Å². The predicted octanol–water partition coefficient (Wildman–Crippen LogP) is 9.53. The Balaban J connectivity index is 1.29. The predicted molar refractivity (Wildman–Crippen MR) is 185 cm³/mol. The quantitative estimate of drug-likeness (QED) is 0.131. The summed E-state index contributed by atoms with van der Waals surface area (Å²) in [5.74, 6) is 0.409. The molecule has 11 heteroatoms. The minimum Gasteiger partial charge on any atom is -0.494 e. The first-order valence-electron chi connectivity index (χ1n) is 15.2. The minimum absolute atomic E-state index is 0.151. The molecule has 4 aromatic carbocycles. The summed E-state index contributed by atoms with van der Waals surface area (Å²) in [6.45, 7) is 2.32. The third kappa shape index (κ3) is 10.7. The summed E-state index contributed by atoms with van der Waals surface area (Å²) in [5.41, 5.74) is 3.61. The van der Waals surface area contributed by atoms with Gasteiger partial charge in [-0.25, -0.2) is 4.79 Å². The van der Waals surface area contributed by atoms with Gasteiger partial charge in [0.2, 0.25) is 0 Å². The molecule has 1 N–H and O–H groups in total. The molecule has 5 rings (SSSR count). The lowest BCUT2D eigenvalue weighted by Gasteiger charge is -2.42. The van der Waals surface area contributed by atoms with Crippen molar-refractivity contribution in [3.63, 3.8) is 0 Å². The van der Waals surface area contributed by atoms with Crippen LogP contribution in [-0.4, -0.2) is 54.6 Å². The lowest BCUT2D eigenvalue weighted by molar-refractivity contribution is -0.0937. The Bertz CT molecular complexity index is 1500. The second-order valence-corrected chi connectivity index (χ2v) is 13.0. The van der Waals surface area contributed by atoms with E-state index < -0.39 is 18.3 Å². The molecule has 7 nitrogen and oxygen atoms in total. The van der Waals surface area contributed by atoms with E-state index in [2.05, 4.69) is 0 Å². The number of nitrogens with zero attached hydrogens (tertiary/aromatic N) is 1. The number of piperidine rings is 1. The van der Waals surface area contributed by atoms with E-state index >= 15 is 0 Å². The zero-order valence-corrected chi connectivity index (χ0v) is 28.5. The number of carboxylic acid groups (broad SMARTS) is 1. The molecule has 47 heavy (non-hydrogen) atoms. The van der Waals surface area contributed by atoms with Crippen molar-refractivity contribution in [2.45, 2.75) is 44.4 Å². The molecule has 3 atom stereocenters. The van der Waals surface area contributed by atoms with Gasteiger partial charge in [0, 0.05) is 32.4 Å². The number of rotatable bonds is 14. The van der Waals surface area contributed by atoms with Crippen LogP contribution in [0, 0.1) is 0 Å². The molecule has 1 fully saturated rings. The smallest absolute Gasteiger partial charge is 0.407 e. The second kappa shape index (κ2) is 17.4. The van der Waals surface area contributed by atoms with Gasteiger partial charge in [-0.3, -0.25) is 0 Å². The molecule has 1 heterocycles. The Morgan fingerprint density at radius 1 is 0.681 bits per heavy atom. The summed E-state index contributed by atoms with van der Waals surface area (Å²) in [6, 6.07) is 28.2. The number of likely N-dealkylation sites (tertiary alicyclic amines) is 1. The number of hydrogen-bond donors (Lipinski definition) is 1. The van der Waals surface area contributed by atoms with Gasteiger partial charge in [0.15, 0.2) is 0 Å². The maximum Gasteiger partial charge on any atom is 0.407 e. The van der Waals surface area contributed by atoms with Gasteiger partial charge in [-0.2, -0.15) is 0 Å². The van der Waals surface area contributed by atoms with Gasteiger partial charge < -0.3 is 29.0 Å². The molecule has 0 bridgehead atoms. The number of hydrogen-bond acceptors (Lipinski definition) is 5. The minimum atomic E-state index is -1.06. The molecule has 1 aliphatic rings. The Labute approximate surface area is 294 Å². The van der Waals surface area contributed by atoms with E-state index in [1.807, 2.05) is 54.6 Å². The fourth-order valence-electron chi connectivity index (χ4n) is 5.57. The molecule has 0 aliphatic carbocycles. The van der Waals surface area contributed by atoms with E-state index in [0.29, 0.717) is 39.9 Å². The normalized spacial score (nSPS) is 17.9. The largest absolute Gasteiger partial charge is 0.494 e. The van der Waals surface area contributed by atoms with Crippen LogP contribution in [0.5, 0.6) is 5.75 Å². The van der Waals surface area contributed by atoms with E-state index in [0.717, 1.165) is 34.4 Å². The van der Waals surface area contributed by atoms with Gasteiger partial charge in [0.05, 0.1) is 58.3 Å². The summed E-state index contributed by atoms with van der Waals surface area (Å²) in [6.07, 6.45) is -1.40. The molecule has 0 radical (unpaired) electrons. The average Bonchev–Trinajstić information content (AvgIpc) is 3.04. The molecule has 4 aromatic rings. The van der Waals surface area contributed by atoms with Gasteiger partial charge in [0.1, 0.15) is 5.75 Å². The molecule has 1 amide bonds. The summed E-state index contributed by atoms with van der Waals surface area (Å²) in [4.78, 5) is 13.5. The van der Waals surface area contributed by atoms with Crippen molar-refractivity contribution in [2.24, 2.45) is 0 Å². The Hall–Kier alpha value is -3.01. The van der Waals surface area contributed by atoms with E-state index in [9.17, 15) is 9.90 Å². The topological polar surface area (TPSA) is 77.5 Å². The van der Waals surface area contributed by atoms with Gasteiger partial charge in [-0.15, -0.1) is 0 Å². The lowest BCUT2D eigenvalue weighted by Crippen LogP contribution is -2.54. The molecule has 0 unspecified atom stereocenters. The van der Waals surface area contributed by atoms with E-state index in [1.54, 1.807) is 36.4 Å². The highest BCUT2D eigenvalue weighted by atomic mass is 35.5. The van der Waals surface area contributed by atoms with Crippen LogP contribution in [0.15, 0.2) is 91.0 Å². The van der Waals surface area contributed by atoms with Crippen LogP contribution >= 0.6 is 46.4 Å². The third-order valence-electron chi connectivity index (χ3n) is 7.72. The van der Waals surface area contributed by atoms with Crippen molar-refractivity contribution < 1.29 is 28.8 Å². The number of carbonyl (C=O) groups is 1. The van der Waals surface area contributed by atoms with Crippen LogP contribution in [0.2, 0.25) is 20.1 Å². The Morgan fingerprint density at radius 3 is 1.72 bits per heavy atom. The summed E-state index contributed by atoms with van der Waals surface area (Å²) in [7, 11) is 0. The zero-order valence-electron chi connectivity index (χ0n) is 25.5. The van der Waals surface area contributed by atoms with Crippen LogP contribution in [0.1, 0.15) is 34.6 Å². The monoisotopic (exact) mass is 717 g/mol. The molecule has 0 saturated carbocycles. The van der Waals surface area contributed by atoms with E-state index in [4.69, 9.17) is 65.4 Å². The highest BCUT2D eigenvalue weighted by molar-refractivity contribution is 6.35. The fraction of sp³-hybridized carbons (Fsp3) is 0.306. The van der Waals surface area contributed by atoms with Crippen LogP contribution < -0.4 is 4.74 Å². The first-order valence-corrected chi connectivity index (χ1v) is 16.7. The van der Waals surface area contributed by atoms with Crippen molar-refractivity contribution in [1.29, 1.82) is 0 Å². The molecular formula is C36H35Cl4NO6. The first-order chi connectivity index (χ1) is 22.7. The number of ether oxygens (including phenoxy) is 4. The molecule has 0 aromatic heterocycles. The highest BCUT2D eigenvalue weighted by Gasteiger charge is 2.41. The molecule has 0 spiro atoms. The zero-order chi connectivity index (χ0) is 33.2. The van der Waals surface area contributed by atoms with E-state index in [-0.39, 0.29) is 32.2 Å². The number of amides is 1. The van der Waals surface area contributed by atoms with Crippen molar-refractivity contribution in [3.8, 4) is 5.75 Å². The second-order valence-electron chi connectivity index (χ2n) is 11.3. The van der Waals surface area contributed by atoms with Gasteiger partial charge in [-0.1, -0.05) is 88.9 Å². The molecule has 248 valence electrons. The number of benzene rings is 4. The summed E-state index contributed by atoms with van der Waals surface area (Å²) < 4.78 is 24.6. The van der Waals surface area contributed by atoms with Crippen LogP contribution in [0.3, 0.4) is 0 Å². The van der Waals surface area contributed by atoms with Crippen molar-refractivity contribution >= 4 is 52.5 Å². The highest BCUT2D eigenvalue weighted by Crippen LogP contribution is 2.35. The van der Waals surface area contributed by atoms with Gasteiger partial charge in [0.25, 0.3) is 0 Å². The average molecular weight is 719 g/mol. The standard InChI is InChI=1S/C36H35Cl4NO6/c37-28-13-25(14-29(38)17-28)22-46-33-19-41(36(42)43)20-34(47-23-26-15-30(39)18-31(40)16-26)35(33)27-7-9-32(10-8-27)45-12-4-11-44-21-24-5-2-1-3-6-24/h1-3,5-10,13-18,33-35H,4,11-12,19-23H2,(H,42,43)/t33-,34+,35-. The van der Waals surface area contributed by atoms with Gasteiger partial charge >= 0.3 is 6.09 Å².